The van der Waals surface area contributed by atoms with Crippen LogP contribution in [0.2, 0.25) is 5.02 Å². The summed E-state index contributed by atoms with van der Waals surface area (Å²) in [5, 5.41) is 3.93. The molecule has 1 aliphatic rings. The van der Waals surface area contributed by atoms with E-state index in [0.717, 1.165) is 11.3 Å². The molecule has 2 rings (SSSR count). The molecule has 1 saturated carbocycles. The molecule has 1 fully saturated rings. The number of ether oxygens (including phenoxy) is 1. The molecule has 20 heavy (non-hydrogen) atoms. The normalized spacial score (nSPS) is 15.8. The molecule has 3 N–H and O–H groups in total. The van der Waals surface area contributed by atoms with Crippen LogP contribution < -0.4 is 15.8 Å². The van der Waals surface area contributed by atoms with E-state index in [2.05, 4.69) is 10.3 Å². The van der Waals surface area contributed by atoms with Crippen LogP contribution in [0.5, 0.6) is 5.75 Å². The zero-order valence-corrected chi connectivity index (χ0v) is 14.7. The Hall–Kier alpha value is -0.690. The second-order valence-electron chi connectivity index (χ2n) is 4.78. The summed E-state index contributed by atoms with van der Waals surface area (Å²) in [7, 11) is 1.64. The van der Waals surface area contributed by atoms with Crippen molar-refractivity contribution in [1.82, 2.24) is 5.32 Å². The number of benzene rings is 1. The number of nitrogens with one attached hydrogen (secondary N) is 1. The molecule has 112 valence electrons. The predicted molar refractivity (Wildman–Crippen MR) is 94.1 cm³/mol. The number of nitrogens with zero attached hydrogens (tertiary/aromatic N) is 1. The van der Waals surface area contributed by atoms with Gasteiger partial charge in [0.1, 0.15) is 5.75 Å². The monoisotopic (exact) mass is 409 g/mol. The Morgan fingerprint density at radius 1 is 1.45 bits per heavy atom. The van der Waals surface area contributed by atoms with Crippen LogP contribution in [0.15, 0.2) is 23.2 Å². The maximum atomic E-state index is 5.98. The van der Waals surface area contributed by atoms with Gasteiger partial charge in [-0.15, -0.1) is 24.0 Å². The molecular formula is C14H21ClIN3O. The van der Waals surface area contributed by atoms with Gasteiger partial charge in [0, 0.05) is 16.6 Å². The molecule has 0 aromatic heterocycles. The van der Waals surface area contributed by atoms with Gasteiger partial charge in [-0.3, -0.25) is 0 Å². The zero-order chi connectivity index (χ0) is 13.7. The first-order chi connectivity index (χ1) is 9.19. The molecular weight excluding hydrogens is 389 g/mol. The van der Waals surface area contributed by atoms with E-state index in [1.807, 2.05) is 12.1 Å². The van der Waals surface area contributed by atoms with E-state index in [9.17, 15) is 0 Å². The number of aliphatic imine (C=N–C) groups is 1. The van der Waals surface area contributed by atoms with Gasteiger partial charge in [0.2, 0.25) is 0 Å². The first-order valence-corrected chi connectivity index (χ1v) is 6.95. The lowest BCUT2D eigenvalue weighted by Crippen LogP contribution is -2.38. The largest absolute Gasteiger partial charge is 0.496 e. The Morgan fingerprint density at radius 3 is 2.80 bits per heavy atom. The lowest BCUT2D eigenvalue weighted by atomic mass is 10.2. The second kappa shape index (κ2) is 8.56. The predicted octanol–water partition coefficient (Wildman–Crippen LogP) is 3.31. The number of hydrogen-bond donors (Lipinski definition) is 2. The highest BCUT2D eigenvalue weighted by Gasteiger charge is 2.14. The van der Waals surface area contributed by atoms with Crippen molar-refractivity contribution in [2.75, 3.05) is 7.11 Å². The summed E-state index contributed by atoms with van der Waals surface area (Å²) in [6.07, 6.45) is 4.90. The van der Waals surface area contributed by atoms with Crippen molar-refractivity contribution in [2.45, 2.75) is 38.3 Å². The molecule has 0 spiro atoms. The van der Waals surface area contributed by atoms with E-state index in [4.69, 9.17) is 22.1 Å². The summed E-state index contributed by atoms with van der Waals surface area (Å²) in [5.74, 6) is 1.27. The van der Waals surface area contributed by atoms with Crippen molar-refractivity contribution in [1.29, 1.82) is 0 Å². The van der Waals surface area contributed by atoms with Crippen molar-refractivity contribution < 1.29 is 4.74 Å². The molecule has 1 aromatic rings. The number of rotatable bonds is 4. The minimum atomic E-state index is 0. The van der Waals surface area contributed by atoms with Crippen LogP contribution in [-0.4, -0.2) is 19.1 Å². The van der Waals surface area contributed by atoms with Gasteiger partial charge in [0.05, 0.1) is 13.7 Å². The first-order valence-electron chi connectivity index (χ1n) is 6.58. The molecule has 0 atom stereocenters. The third-order valence-corrected chi connectivity index (χ3v) is 3.60. The lowest BCUT2D eigenvalue weighted by Gasteiger charge is -2.12. The summed E-state index contributed by atoms with van der Waals surface area (Å²) in [6.45, 7) is 0.468. The minimum Gasteiger partial charge on any atom is -0.496 e. The van der Waals surface area contributed by atoms with Gasteiger partial charge < -0.3 is 15.8 Å². The highest BCUT2D eigenvalue weighted by atomic mass is 127. The van der Waals surface area contributed by atoms with Crippen molar-refractivity contribution in [3.63, 3.8) is 0 Å². The van der Waals surface area contributed by atoms with E-state index in [-0.39, 0.29) is 24.0 Å². The van der Waals surface area contributed by atoms with Crippen LogP contribution in [0, 0.1) is 0 Å². The van der Waals surface area contributed by atoms with E-state index in [0.29, 0.717) is 23.6 Å². The van der Waals surface area contributed by atoms with Gasteiger partial charge in [-0.2, -0.15) is 0 Å². The lowest BCUT2D eigenvalue weighted by molar-refractivity contribution is 0.410. The molecule has 0 aliphatic heterocycles. The molecule has 0 saturated heterocycles. The number of methoxy groups -OCH3 is 1. The molecule has 0 heterocycles. The highest BCUT2D eigenvalue weighted by molar-refractivity contribution is 14.0. The second-order valence-corrected chi connectivity index (χ2v) is 5.22. The van der Waals surface area contributed by atoms with Gasteiger partial charge in [-0.1, -0.05) is 24.4 Å². The summed E-state index contributed by atoms with van der Waals surface area (Å²) in [4.78, 5) is 4.35. The number of halogens is 2. The fourth-order valence-electron chi connectivity index (χ4n) is 2.37. The van der Waals surface area contributed by atoms with E-state index in [1.54, 1.807) is 13.2 Å². The van der Waals surface area contributed by atoms with E-state index in [1.165, 1.54) is 25.7 Å². The van der Waals surface area contributed by atoms with Crippen molar-refractivity contribution in [3.8, 4) is 5.75 Å². The SMILES string of the molecule is COc1ccc(Cl)cc1CN=C(N)NC1CCCC1.I. The molecule has 0 bridgehead atoms. The molecule has 0 amide bonds. The smallest absolute Gasteiger partial charge is 0.189 e. The average molecular weight is 410 g/mol. The molecule has 1 aliphatic carbocycles. The topological polar surface area (TPSA) is 59.6 Å². The fraction of sp³-hybridized carbons (Fsp3) is 0.500. The Balaban J connectivity index is 0.00000200. The van der Waals surface area contributed by atoms with Crippen LogP contribution in [0.1, 0.15) is 31.2 Å². The Labute approximate surface area is 142 Å². The van der Waals surface area contributed by atoms with Crippen molar-refractivity contribution >= 4 is 41.5 Å². The van der Waals surface area contributed by atoms with Gasteiger partial charge in [-0.25, -0.2) is 4.99 Å². The third kappa shape index (κ3) is 5.01. The zero-order valence-electron chi connectivity index (χ0n) is 11.6. The molecule has 1 aromatic carbocycles. The Morgan fingerprint density at radius 2 is 2.15 bits per heavy atom. The van der Waals surface area contributed by atoms with Crippen molar-refractivity contribution in [3.05, 3.63) is 28.8 Å². The minimum absolute atomic E-state index is 0. The summed E-state index contributed by atoms with van der Waals surface area (Å²) < 4.78 is 5.28. The molecule has 6 heteroatoms. The van der Waals surface area contributed by atoms with Crippen molar-refractivity contribution in [2.24, 2.45) is 10.7 Å². The average Bonchev–Trinajstić information content (AvgIpc) is 2.89. The Kier molecular flexibility index (Phi) is 7.43. The maximum absolute atomic E-state index is 5.98. The van der Waals surface area contributed by atoms with E-state index >= 15 is 0 Å². The number of guanidine groups is 1. The quantitative estimate of drug-likeness (QED) is 0.456. The molecule has 4 nitrogen and oxygen atoms in total. The maximum Gasteiger partial charge on any atom is 0.189 e. The van der Waals surface area contributed by atoms with Crippen LogP contribution in [0.25, 0.3) is 0 Å². The van der Waals surface area contributed by atoms with Gasteiger partial charge in [-0.05, 0) is 31.0 Å². The Bertz CT molecular complexity index is 462. The summed E-state index contributed by atoms with van der Waals surface area (Å²) >= 11 is 5.98. The van der Waals surface area contributed by atoms with Gasteiger partial charge in [0.25, 0.3) is 0 Å². The van der Waals surface area contributed by atoms with Crippen LogP contribution in [0.4, 0.5) is 0 Å². The highest BCUT2D eigenvalue weighted by Crippen LogP contribution is 2.23. The number of nitrogens with two attached hydrogens (primary N) is 1. The van der Waals surface area contributed by atoms with Crippen LogP contribution in [-0.2, 0) is 6.54 Å². The van der Waals surface area contributed by atoms with Crippen LogP contribution in [0.3, 0.4) is 0 Å². The van der Waals surface area contributed by atoms with Crippen LogP contribution >= 0.6 is 35.6 Å². The van der Waals surface area contributed by atoms with Gasteiger partial charge >= 0.3 is 0 Å². The summed E-state index contributed by atoms with van der Waals surface area (Å²) in [6, 6.07) is 5.97. The van der Waals surface area contributed by atoms with E-state index < -0.39 is 0 Å². The molecule has 0 unspecified atom stereocenters. The van der Waals surface area contributed by atoms with Gasteiger partial charge in [0.15, 0.2) is 5.96 Å². The number of hydrogen-bond acceptors (Lipinski definition) is 2. The third-order valence-electron chi connectivity index (χ3n) is 3.37. The summed E-state index contributed by atoms with van der Waals surface area (Å²) in [5.41, 5.74) is 6.83. The first kappa shape index (κ1) is 17.4. The standard InChI is InChI=1S/C14H20ClN3O.HI/c1-19-13-7-6-11(15)8-10(13)9-17-14(16)18-12-4-2-3-5-12;/h6-8,12H,2-5,9H2,1H3,(H3,16,17,18);1H. The molecule has 0 radical (unpaired) electrons. The fourth-order valence-corrected chi connectivity index (χ4v) is 2.56.